The highest BCUT2D eigenvalue weighted by Gasteiger charge is 2.16. The maximum Gasteiger partial charge on any atom is 0.322 e. The van der Waals surface area contributed by atoms with Crippen LogP contribution in [0.1, 0.15) is 12.8 Å². The molecule has 1 N–H and O–H groups in total. The van der Waals surface area contributed by atoms with Crippen molar-refractivity contribution in [2.75, 3.05) is 26.7 Å². The van der Waals surface area contributed by atoms with Crippen LogP contribution in [0.3, 0.4) is 0 Å². The zero-order valence-electron chi connectivity index (χ0n) is 7.92. The Morgan fingerprint density at radius 3 is 2.77 bits per heavy atom. The normalized spacial score (nSPS) is 19.4. The standard InChI is InChI=1S/C9H15N3O/c1-12-4-2-8(3-5-12)7-11-9(13)6-10/h8H,2-5,7H2,1H3,(H,11,13). The van der Waals surface area contributed by atoms with Crippen molar-refractivity contribution in [1.29, 1.82) is 5.26 Å². The first-order valence-corrected chi connectivity index (χ1v) is 4.59. The van der Waals surface area contributed by atoms with Crippen LogP contribution in [0.2, 0.25) is 0 Å². The third kappa shape index (κ3) is 3.43. The lowest BCUT2D eigenvalue weighted by atomic mass is 9.97. The van der Waals surface area contributed by atoms with Crippen molar-refractivity contribution in [1.82, 2.24) is 10.2 Å². The maximum atomic E-state index is 10.6. The van der Waals surface area contributed by atoms with Gasteiger partial charge in [-0.15, -0.1) is 0 Å². The lowest BCUT2D eigenvalue weighted by Crippen LogP contribution is -2.36. The van der Waals surface area contributed by atoms with Crippen LogP contribution in [-0.2, 0) is 4.79 Å². The molecule has 0 aromatic heterocycles. The summed E-state index contributed by atoms with van der Waals surface area (Å²) in [6, 6.07) is 1.55. The van der Waals surface area contributed by atoms with Crippen LogP contribution >= 0.6 is 0 Å². The van der Waals surface area contributed by atoms with E-state index in [9.17, 15) is 4.79 Å². The van der Waals surface area contributed by atoms with Crippen molar-refractivity contribution < 1.29 is 4.79 Å². The number of hydrogen-bond acceptors (Lipinski definition) is 3. The smallest absolute Gasteiger partial charge is 0.322 e. The molecule has 72 valence electrons. The van der Waals surface area contributed by atoms with E-state index in [1.807, 2.05) is 0 Å². The molecule has 1 aliphatic rings. The number of amides is 1. The van der Waals surface area contributed by atoms with Gasteiger partial charge in [0.1, 0.15) is 0 Å². The van der Waals surface area contributed by atoms with E-state index in [1.54, 1.807) is 6.07 Å². The van der Waals surface area contributed by atoms with Crippen LogP contribution in [-0.4, -0.2) is 37.5 Å². The van der Waals surface area contributed by atoms with Crippen molar-refractivity contribution in [2.24, 2.45) is 5.92 Å². The lowest BCUT2D eigenvalue weighted by molar-refractivity contribution is -0.116. The van der Waals surface area contributed by atoms with Gasteiger partial charge in [0.05, 0.1) is 0 Å². The number of carbonyl (C=O) groups excluding carboxylic acids is 1. The number of likely N-dealkylation sites (tertiary alicyclic amines) is 1. The van der Waals surface area contributed by atoms with Crippen molar-refractivity contribution in [3.05, 3.63) is 0 Å². The number of hydrogen-bond donors (Lipinski definition) is 1. The number of nitriles is 1. The first-order valence-electron chi connectivity index (χ1n) is 4.59. The number of nitrogens with one attached hydrogen (secondary N) is 1. The molecule has 1 heterocycles. The SMILES string of the molecule is CN1CCC(CNC(=O)C#N)CC1. The zero-order chi connectivity index (χ0) is 9.68. The van der Waals surface area contributed by atoms with E-state index < -0.39 is 5.91 Å². The molecule has 0 aliphatic carbocycles. The molecule has 1 aliphatic heterocycles. The van der Waals surface area contributed by atoms with Crippen molar-refractivity contribution in [3.8, 4) is 6.07 Å². The van der Waals surface area contributed by atoms with E-state index in [-0.39, 0.29) is 0 Å². The highest BCUT2D eigenvalue weighted by molar-refractivity contribution is 5.91. The second kappa shape index (κ2) is 4.83. The summed E-state index contributed by atoms with van der Waals surface area (Å²) in [5.74, 6) is 0.0347. The van der Waals surface area contributed by atoms with Crippen molar-refractivity contribution in [2.45, 2.75) is 12.8 Å². The quantitative estimate of drug-likeness (QED) is 0.608. The molecule has 4 nitrogen and oxygen atoms in total. The first-order chi connectivity index (χ1) is 6.22. The zero-order valence-corrected chi connectivity index (χ0v) is 7.92. The summed E-state index contributed by atoms with van der Waals surface area (Å²) in [6.07, 6.45) is 2.23. The van der Waals surface area contributed by atoms with Gasteiger partial charge in [0, 0.05) is 6.54 Å². The fourth-order valence-electron chi connectivity index (χ4n) is 1.54. The summed E-state index contributed by atoms with van der Waals surface area (Å²) < 4.78 is 0. The molecular weight excluding hydrogens is 166 g/mol. The van der Waals surface area contributed by atoms with Crippen LogP contribution in [0, 0.1) is 17.2 Å². The Morgan fingerprint density at radius 1 is 1.62 bits per heavy atom. The third-order valence-electron chi connectivity index (χ3n) is 2.49. The Morgan fingerprint density at radius 2 is 2.23 bits per heavy atom. The van der Waals surface area contributed by atoms with E-state index in [2.05, 4.69) is 17.3 Å². The lowest BCUT2D eigenvalue weighted by Gasteiger charge is -2.28. The van der Waals surface area contributed by atoms with Crippen LogP contribution in [0.15, 0.2) is 0 Å². The minimum absolute atomic E-state index is 0.515. The Bertz CT molecular complexity index is 213. The fourth-order valence-corrected chi connectivity index (χ4v) is 1.54. The van der Waals surface area contributed by atoms with Gasteiger partial charge in [-0.05, 0) is 38.9 Å². The second-order valence-electron chi connectivity index (χ2n) is 3.57. The molecule has 1 saturated heterocycles. The summed E-state index contributed by atoms with van der Waals surface area (Å²) in [6.45, 7) is 2.83. The van der Waals surface area contributed by atoms with Gasteiger partial charge in [0.25, 0.3) is 0 Å². The number of rotatable bonds is 2. The molecule has 0 unspecified atom stereocenters. The van der Waals surface area contributed by atoms with Gasteiger partial charge in [0.2, 0.25) is 0 Å². The van der Waals surface area contributed by atoms with Crippen LogP contribution in [0.5, 0.6) is 0 Å². The van der Waals surface area contributed by atoms with E-state index in [0.29, 0.717) is 12.5 Å². The highest BCUT2D eigenvalue weighted by Crippen LogP contribution is 2.14. The Kier molecular flexibility index (Phi) is 3.71. The Hall–Kier alpha value is -1.08. The third-order valence-corrected chi connectivity index (χ3v) is 2.49. The molecule has 0 bridgehead atoms. The minimum atomic E-state index is -0.515. The minimum Gasteiger partial charge on any atom is -0.343 e. The van der Waals surface area contributed by atoms with E-state index in [4.69, 9.17) is 5.26 Å². The topological polar surface area (TPSA) is 56.1 Å². The predicted octanol–water partition coefficient (Wildman–Crippen LogP) is -0.0320. The average Bonchev–Trinajstić information content (AvgIpc) is 2.16. The largest absolute Gasteiger partial charge is 0.343 e. The van der Waals surface area contributed by atoms with Crippen molar-refractivity contribution in [3.63, 3.8) is 0 Å². The summed E-state index contributed by atoms with van der Waals surface area (Å²) >= 11 is 0. The number of piperidine rings is 1. The van der Waals surface area contributed by atoms with E-state index in [0.717, 1.165) is 25.9 Å². The molecule has 0 saturated carbocycles. The summed E-state index contributed by atoms with van der Waals surface area (Å²) in [4.78, 5) is 12.9. The molecule has 0 atom stereocenters. The maximum absolute atomic E-state index is 10.6. The number of carbonyl (C=O) groups is 1. The molecule has 4 heteroatoms. The van der Waals surface area contributed by atoms with Gasteiger partial charge in [-0.1, -0.05) is 0 Å². The molecular formula is C9H15N3O. The van der Waals surface area contributed by atoms with Crippen LogP contribution in [0.4, 0.5) is 0 Å². The van der Waals surface area contributed by atoms with Gasteiger partial charge in [-0.25, -0.2) is 0 Å². The van der Waals surface area contributed by atoms with Gasteiger partial charge >= 0.3 is 5.91 Å². The number of nitrogens with zero attached hydrogens (tertiary/aromatic N) is 2. The summed E-state index contributed by atoms with van der Waals surface area (Å²) in [5.41, 5.74) is 0. The van der Waals surface area contributed by atoms with Gasteiger partial charge in [-0.3, -0.25) is 4.79 Å². The summed E-state index contributed by atoms with van der Waals surface area (Å²) in [7, 11) is 2.10. The van der Waals surface area contributed by atoms with Gasteiger partial charge < -0.3 is 10.2 Å². The van der Waals surface area contributed by atoms with Crippen molar-refractivity contribution >= 4 is 5.91 Å². The highest BCUT2D eigenvalue weighted by atomic mass is 16.1. The first kappa shape index (κ1) is 10.0. The molecule has 0 aromatic carbocycles. The second-order valence-corrected chi connectivity index (χ2v) is 3.57. The van der Waals surface area contributed by atoms with E-state index in [1.165, 1.54) is 0 Å². The van der Waals surface area contributed by atoms with Crippen LogP contribution < -0.4 is 5.32 Å². The van der Waals surface area contributed by atoms with Gasteiger partial charge in [0.15, 0.2) is 6.07 Å². The molecule has 1 amide bonds. The Balaban J connectivity index is 2.16. The van der Waals surface area contributed by atoms with Gasteiger partial charge in [-0.2, -0.15) is 5.26 Å². The molecule has 0 radical (unpaired) electrons. The molecule has 1 rings (SSSR count). The summed E-state index contributed by atoms with van der Waals surface area (Å²) in [5, 5.41) is 10.8. The molecule has 1 fully saturated rings. The Labute approximate surface area is 78.5 Å². The molecule has 13 heavy (non-hydrogen) atoms. The predicted molar refractivity (Wildman–Crippen MR) is 48.8 cm³/mol. The fraction of sp³-hybridized carbons (Fsp3) is 0.778. The average molecular weight is 181 g/mol. The molecule has 0 aromatic rings. The molecule has 0 spiro atoms. The van der Waals surface area contributed by atoms with Crippen LogP contribution in [0.25, 0.3) is 0 Å². The monoisotopic (exact) mass is 181 g/mol. The van der Waals surface area contributed by atoms with E-state index >= 15 is 0 Å².